The molecule has 27 heavy (non-hydrogen) atoms. The first-order chi connectivity index (χ1) is 13.3. The lowest BCUT2D eigenvalue weighted by atomic mass is 10.1. The zero-order chi connectivity index (χ0) is 18.6. The number of tetrazole rings is 1. The van der Waals surface area contributed by atoms with Crippen LogP contribution in [0.25, 0.3) is 11.4 Å². The van der Waals surface area contributed by atoms with Crippen molar-refractivity contribution in [3.8, 4) is 17.1 Å². The lowest BCUT2D eigenvalue weighted by Gasteiger charge is -2.22. The third-order valence-electron chi connectivity index (χ3n) is 4.75. The molecule has 0 saturated carbocycles. The van der Waals surface area contributed by atoms with Crippen LogP contribution in [0.2, 0.25) is 0 Å². The van der Waals surface area contributed by atoms with E-state index < -0.39 is 6.04 Å². The predicted molar refractivity (Wildman–Crippen MR) is 100 cm³/mol. The molecule has 7 heteroatoms. The van der Waals surface area contributed by atoms with Crippen molar-refractivity contribution in [3.05, 3.63) is 60.2 Å². The van der Waals surface area contributed by atoms with Crippen LogP contribution in [0, 0.1) is 0 Å². The van der Waals surface area contributed by atoms with Gasteiger partial charge in [-0.15, -0.1) is 15.0 Å². The molecule has 1 aliphatic heterocycles. The number of carbonyl (C=O) groups excluding carboxylic acids is 1. The summed E-state index contributed by atoms with van der Waals surface area (Å²) in [4.78, 5) is 16.5. The number of hydrogen-bond acceptors (Lipinski definition) is 5. The van der Waals surface area contributed by atoms with Gasteiger partial charge in [-0.2, -0.15) is 0 Å². The average Bonchev–Trinajstić information content (AvgIpc) is 3.41. The summed E-state index contributed by atoms with van der Waals surface area (Å²) >= 11 is 0. The highest BCUT2D eigenvalue weighted by Gasteiger charge is 2.31. The quantitative estimate of drug-likeness (QED) is 0.697. The van der Waals surface area contributed by atoms with Crippen molar-refractivity contribution in [3.63, 3.8) is 0 Å². The maximum Gasteiger partial charge on any atom is 0.254 e. The first kappa shape index (κ1) is 17.2. The summed E-state index contributed by atoms with van der Waals surface area (Å²) in [6.07, 6.45) is 2.07. The van der Waals surface area contributed by atoms with Gasteiger partial charge in [-0.25, -0.2) is 0 Å². The minimum Gasteiger partial charge on any atom is -0.497 e. The van der Waals surface area contributed by atoms with E-state index in [2.05, 4.69) is 15.4 Å². The highest BCUT2D eigenvalue weighted by atomic mass is 16.5. The van der Waals surface area contributed by atoms with Crippen molar-refractivity contribution in [1.29, 1.82) is 0 Å². The molecule has 1 aliphatic rings. The van der Waals surface area contributed by atoms with E-state index in [1.807, 2.05) is 59.5 Å². The Kier molecular flexibility index (Phi) is 4.82. The van der Waals surface area contributed by atoms with Crippen molar-refractivity contribution < 1.29 is 9.53 Å². The largest absolute Gasteiger partial charge is 0.497 e. The standard InChI is InChI=1S/C20H21N5O2/c1-27-17-11-7-10-16(14-17)19-21-23-25(22-19)18(15-8-3-2-4-9-15)20(26)24-12-5-6-13-24/h2-4,7-11,14,18H,5-6,12-13H2,1H3/t18-/m1/s1. The second-order valence-corrected chi connectivity index (χ2v) is 6.51. The van der Waals surface area contributed by atoms with Crippen molar-refractivity contribution in [2.24, 2.45) is 0 Å². The fraction of sp³-hybridized carbons (Fsp3) is 0.300. The van der Waals surface area contributed by atoms with Gasteiger partial charge in [0.05, 0.1) is 7.11 Å². The summed E-state index contributed by atoms with van der Waals surface area (Å²) in [5, 5.41) is 12.9. The zero-order valence-corrected chi connectivity index (χ0v) is 15.2. The van der Waals surface area contributed by atoms with Crippen LogP contribution < -0.4 is 4.74 Å². The Balaban J connectivity index is 1.70. The molecule has 0 radical (unpaired) electrons. The fourth-order valence-electron chi connectivity index (χ4n) is 3.33. The van der Waals surface area contributed by atoms with Crippen LogP contribution in [0.5, 0.6) is 5.75 Å². The Morgan fingerprint density at radius 1 is 1.07 bits per heavy atom. The van der Waals surface area contributed by atoms with Gasteiger partial charge in [-0.3, -0.25) is 4.79 Å². The normalized spacial score (nSPS) is 14.9. The van der Waals surface area contributed by atoms with Crippen molar-refractivity contribution in [2.75, 3.05) is 20.2 Å². The van der Waals surface area contributed by atoms with Gasteiger partial charge < -0.3 is 9.64 Å². The van der Waals surface area contributed by atoms with Gasteiger partial charge in [0, 0.05) is 18.7 Å². The average molecular weight is 363 g/mol. The first-order valence-corrected chi connectivity index (χ1v) is 9.04. The molecule has 2 heterocycles. The van der Waals surface area contributed by atoms with Gasteiger partial charge in [0.1, 0.15) is 5.75 Å². The highest BCUT2D eigenvalue weighted by molar-refractivity contribution is 5.83. The number of rotatable bonds is 5. The van der Waals surface area contributed by atoms with E-state index in [1.54, 1.807) is 7.11 Å². The molecule has 1 aromatic heterocycles. The van der Waals surface area contributed by atoms with Gasteiger partial charge in [-0.05, 0) is 35.8 Å². The summed E-state index contributed by atoms with van der Waals surface area (Å²) in [7, 11) is 1.61. The summed E-state index contributed by atoms with van der Waals surface area (Å²) in [6, 6.07) is 16.5. The molecule has 2 aromatic carbocycles. The Hall–Kier alpha value is -3.22. The van der Waals surface area contributed by atoms with Crippen LogP contribution >= 0.6 is 0 Å². The topological polar surface area (TPSA) is 73.1 Å². The maximum atomic E-state index is 13.2. The van der Waals surface area contributed by atoms with Gasteiger partial charge >= 0.3 is 0 Å². The van der Waals surface area contributed by atoms with Crippen LogP contribution in [0.4, 0.5) is 0 Å². The molecule has 0 N–H and O–H groups in total. The molecular formula is C20H21N5O2. The van der Waals surface area contributed by atoms with Gasteiger partial charge in [-0.1, -0.05) is 42.5 Å². The molecule has 0 aliphatic carbocycles. The number of amides is 1. The Morgan fingerprint density at radius 2 is 1.85 bits per heavy atom. The zero-order valence-electron chi connectivity index (χ0n) is 15.2. The van der Waals surface area contributed by atoms with E-state index in [9.17, 15) is 4.79 Å². The summed E-state index contributed by atoms with van der Waals surface area (Å²) in [5.41, 5.74) is 1.64. The number of benzene rings is 2. The number of ether oxygens (including phenoxy) is 1. The summed E-state index contributed by atoms with van der Waals surface area (Å²) in [5.74, 6) is 1.19. The minimum atomic E-state index is -0.615. The molecule has 0 unspecified atom stereocenters. The number of aromatic nitrogens is 4. The van der Waals surface area contributed by atoms with Gasteiger partial charge in [0.25, 0.3) is 5.91 Å². The van der Waals surface area contributed by atoms with Crippen molar-refractivity contribution in [1.82, 2.24) is 25.1 Å². The monoisotopic (exact) mass is 363 g/mol. The number of hydrogen-bond donors (Lipinski definition) is 0. The number of carbonyl (C=O) groups is 1. The van der Waals surface area contributed by atoms with Crippen molar-refractivity contribution in [2.45, 2.75) is 18.9 Å². The molecule has 0 spiro atoms. The smallest absolute Gasteiger partial charge is 0.254 e. The molecule has 1 atom stereocenters. The molecular weight excluding hydrogens is 342 g/mol. The van der Waals surface area contributed by atoms with E-state index in [0.29, 0.717) is 5.82 Å². The Labute approximate surface area is 157 Å². The van der Waals surface area contributed by atoms with E-state index in [1.165, 1.54) is 4.80 Å². The highest BCUT2D eigenvalue weighted by Crippen LogP contribution is 2.24. The first-order valence-electron chi connectivity index (χ1n) is 9.04. The molecule has 1 saturated heterocycles. The molecule has 3 aromatic rings. The molecule has 0 bridgehead atoms. The fourth-order valence-corrected chi connectivity index (χ4v) is 3.33. The van der Waals surface area contributed by atoms with E-state index in [0.717, 1.165) is 42.8 Å². The number of methoxy groups -OCH3 is 1. The Morgan fingerprint density at radius 3 is 2.59 bits per heavy atom. The van der Waals surface area contributed by atoms with Crippen LogP contribution in [-0.4, -0.2) is 51.2 Å². The van der Waals surface area contributed by atoms with Crippen LogP contribution in [0.3, 0.4) is 0 Å². The minimum absolute atomic E-state index is 0.00768. The second-order valence-electron chi connectivity index (χ2n) is 6.51. The molecule has 7 nitrogen and oxygen atoms in total. The van der Waals surface area contributed by atoms with Gasteiger partial charge in [0.15, 0.2) is 6.04 Å². The maximum absolute atomic E-state index is 13.2. The predicted octanol–water partition coefficient (Wildman–Crippen LogP) is 2.56. The SMILES string of the molecule is COc1cccc(-c2nnn([C@@H](C(=O)N3CCCC3)c3ccccc3)n2)c1. The second kappa shape index (κ2) is 7.57. The third kappa shape index (κ3) is 3.53. The van der Waals surface area contributed by atoms with E-state index in [-0.39, 0.29) is 5.91 Å². The summed E-state index contributed by atoms with van der Waals surface area (Å²) < 4.78 is 5.26. The van der Waals surface area contributed by atoms with Crippen LogP contribution in [-0.2, 0) is 4.79 Å². The molecule has 1 amide bonds. The van der Waals surface area contributed by atoms with Crippen LogP contribution in [0.15, 0.2) is 54.6 Å². The molecule has 138 valence electrons. The summed E-state index contributed by atoms with van der Waals surface area (Å²) in [6.45, 7) is 1.55. The van der Waals surface area contributed by atoms with E-state index >= 15 is 0 Å². The molecule has 4 rings (SSSR count). The lowest BCUT2D eigenvalue weighted by molar-refractivity contribution is -0.133. The number of likely N-dealkylation sites (tertiary alicyclic amines) is 1. The van der Waals surface area contributed by atoms with E-state index in [4.69, 9.17) is 4.74 Å². The van der Waals surface area contributed by atoms with Crippen molar-refractivity contribution >= 4 is 5.91 Å². The molecule has 1 fully saturated rings. The Bertz CT molecular complexity index is 919. The third-order valence-corrected chi connectivity index (χ3v) is 4.75. The van der Waals surface area contributed by atoms with Gasteiger partial charge in [0.2, 0.25) is 5.82 Å². The lowest BCUT2D eigenvalue weighted by Crippen LogP contribution is -2.36. The number of nitrogens with zero attached hydrogens (tertiary/aromatic N) is 5. The van der Waals surface area contributed by atoms with Crippen LogP contribution in [0.1, 0.15) is 24.4 Å².